The van der Waals surface area contributed by atoms with Crippen LogP contribution in [0, 0.1) is 11.8 Å². The van der Waals surface area contributed by atoms with Gasteiger partial charge in [0.1, 0.15) is 6.10 Å². The maximum absolute atomic E-state index is 11.8. The van der Waals surface area contributed by atoms with Crippen molar-refractivity contribution in [1.82, 2.24) is 5.32 Å². The van der Waals surface area contributed by atoms with Crippen molar-refractivity contribution in [3.63, 3.8) is 0 Å². The van der Waals surface area contributed by atoms with Crippen LogP contribution in [0.4, 0.5) is 0 Å². The molecular formula is C13H25NO3. The highest BCUT2D eigenvalue weighted by Gasteiger charge is 2.32. The molecule has 100 valence electrons. The predicted molar refractivity (Wildman–Crippen MR) is 66.6 cm³/mol. The molecular weight excluding hydrogens is 218 g/mol. The van der Waals surface area contributed by atoms with Gasteiger partial charge >= 0.3 is 0 Å². The van der Waals surface area contributed by atoms with Crippen molar-refractivity contribution in [2.24, 2.45) is 11.8 Å². The second-order valence-electron chi connectivity index (χ2n) is 5.87. The van der Waals surface area contributed by atoms with Gasteiger partial charge in [0.2, 0.25) is 5.91 Å². The van der Waals surface area contributed by atoms with E-state index in [9.17, 15) is 9.90 Å². The van der Waals surface area contributed by atoms with Gasteiger partial charge in [0.05, 0.1) is 5.60 Å². The van der Waals surface area contributed by atoms with Crippen LogP contribution in [0.5, 0.6) is 0 Å². The van der Waals surface area contributed by atoms with Crippen LogP contribution in [-0.4, -0.2) is 35.9 Å². The van der Waals surface area contributed by atoms with Crippen LogP contribution in [0.3, 0.4) is 0 Å². The highest BCUT2D eigenvalue weighted by Crippen LogP contribution is 2.20. The van der Waals surface area contributed by atoms with Gasteiger partial charge in [0.25, 0.3) is 0 Å². The van der Waals surface area contributed by atoms with Crippen molar-refractivity contribution in [3.8, 4) is 0 Å². The minimum Gasteiger partial charge on any atom is -0.388 e. The molecule has 0 aromatic carbocycles. The van der Waals surface area contributed by atoms with Gasteiger partial charge in [-0.1, -0.05) is 20.8 Å². The SMILES string of the molecule is CC(C)CC(C)(O)CNC(=O)C1OCCC1C. The molecule has 1 aliphatic rings. The summed E-state index contributed by atoms with van der Waals surface area (Å²) in [5.74, 6) is 0.577. The number of rotatable bonds is 5. The summed E-state index contributed by atoms with van der Waals surface area (Å²) in [6.45, 7) is 8.82. The largest absolute Gasteiger partial charge is 0.388 e. The summed E-state index contributed by atoms with van der Waals surface area (Å²) in [7, 11) is 0. The Labute approximate surface area is 104 Å². The Bertz CT molecular complexity index is 263. The molecule has 0 aliphatic carbocycles. The third kappa shape index (κ3) is 4.64. The van der Waals surface area contributed by atoms with Gasteiger partial charge in [-0.05, 0) is 31.6 Å². The van der Waals surface area contributed by atoms with Crippen molar-refractivity contribution in [2.45, 2.75) is 52.2 Å². The van der Waals surface area contributed by atoms with Crippen LogP contribution in [0.1, 0.15) is 40.5 Å². The Morgan fingerprint density at radius 3 is 2.71 bits per heavy atom. The molecule has 3 atom stereocenters. The Balaban J connectivity index is 2.37. The van der Waals surface area contributed by atoms with Gasteiger partial charge in [-0.2, -0.15) is 0 Å². The molecule has 1 aliphatic heterocycles. The van der Waals surface area contributed by atoms with E-state index in [1.807, 2.05) is 6.92 Å². The van der Waals surface area contributed by atoms with E-state index >= 15 is 0 Å². The number of hydrogen-bond donors (Lipinski definition) is 2. The molecule has 1 amide bonds. The van der Waals surface area contributed by atoms with Crippen molar-refractivity contribution in [3.05, 3.63) is 0 Å². The van der Waals surface area contributed by atoms with E-state index in [1.54, 1.807) is 6.92 Å². The van der Waals surface area contributed by atoms with Crippen molar-refractivity contribution in [1.29, 1.82) is 0 Å². The molecule has 1 saturated heterocycles. The fourth-order valence-corrected chi connectivity index (χ4v) is 2.36. The maximum Gasteiger partial charge on any atom is 0.249 e. The summed E-state index contributed by atoms with van der Waals surface area (Å²) >= 11 is 0. The Hall–Kier alpha value is -0.610. The fraction of sp³-hybridized carbons (Fsp3) is 0.923. The predicted octanol–water partition coefficient (Wildman–Crippen LogP) is 1.32. The summed E-state index contributed by atoms with van der Waals surface area (Å²) in [4.78, 5) is 11.8. The summed E-state index contributed by atoms with van der Waals surface area (Å²) in [6.07, 6.45) is 1.26. The van der Waals surface area contributed by atoms with E-state index in [4.69, 9.17) is 4.74 Å². The van der Waals surface area contributed by atoms with Crippen molar-refractivity contribution < 1.29 is 14.6 Å². The monoisotopic (exact) mass is 243 g/mol. The van der Waals surface area contributed by atoms with Crippen LogP contribution < -0.4 is 5.32 Å². The first-order chi connectivity index (χ1) is 7.82. The van der Waals surface area contributed by atoms with E-state index in [0.29, 0.717) is 18.9 Å². The number of aliphatic hydroxyl groups is 1. The first-order valence-electron chi connectivity index (χ1n) is 6.43. The average molecular weight is 243 g/mol. The molecule has 0 radical (unpaired) electrons. The van der Waals surface area contributed by atoms with E-state index in [-0.39, 0.29) is 24.5 Å². The quantitative estimate of drug-likeness (QED) is 0.765. The molecule has 0 bridgehead atoms. The summed E-state index contributed by atoms with van der Waals surface area (Å²) < 4.78 is 5.38. The average Bonchev–Trinajstić information content (AvgIpc) is 2.59. The number of carbonyl (C=O) groups is 1. The van der Waals surface area contributed by atoms with Crippen LogP contribution in [-0.2, 0) is 9.53 Å². The van der Waals surface area contributed by atoms with Gasteiger partial charge < -0.3 is 15.2 Å². The topological polar surface area (TPSA) is 58.6 Å². The Morgan fingerprint density at radius 1 is 1.59 bits per heavy atom. The first kappa shape index (κ1) is 14.5. The van der Waals surface area contributed by atoms with E-state index in [1.165, 1.54) is 0 Å². The standard InChI is InChI=1S/C13H25NO3/c1-9(2)7-13(4,16)8-14-12(15)11-10(3)5-6-17-11/h9-11,16H,5-8H2,1-4H3,(H,14,15). The minimum absolute atomic E-state index is 0.0981. The lowest BCUT2D eigenvalue weighted by molar-refractivity contribution is -0.132. The van der Waals surface area contributed by atoms with E-state index < -0.39 is 5.60 Å². The highest BCUT2D eigenvalue weighted by atomic mass is 16.5. The van der Waals surface area contributed by atoms with Gasteiger partial charge in [0.15, 0.2) is 0 Å². The lowest BCUT2D eigenvalue weighted by Crippen LogP contribution is -2.46. The number of carbonyl (C=O) groups excluding carboxylic acids is 1. The second kappa shape index (κ2) is 5.83. The number of ether oxygens (including phenoxy) is 1. The molecule has 1 rings (SSSR count). The number of nitrogens with one attached hydrogen (secondary N) is 1. The lowest BCUT2D eigenvalue weighted by atomic mass is 9.94. The minimum atomic E-state index is -0.842. The summed E-state index contributed by atoms with van der Waals surface area (Å²) in [6, 6.07) is 0. The smallest absolute Gasteiger partial charge is 0.249 e. The molecule has 4 heteroatoms. The molecule has 0 aromatic heterocycles. The highest BCUT2D eigenvalue weighted by molar-refractivity contribution is 5.81. The normalized spacial score (nSPS) is 28.1. The number of amides is 1. The van der Waals surface area contributed by atoms with E-state index in [2.05, 4.69) is 19.2 Å². The third-order valence-corrected chi connectivity index (χ3v) is 3.14. The van der Waals surface area contributed by atoms with E-state index in [0.717, 1.165) is 6.42 Å². The van der Waals surface area contributed by atoms with Gasteiger partial charge in [-0.15, -0.1) is 0 Å². The molecule has 17 heavy (non-hydrogen) atoms. The molecule has 0 aromatic rings. The van der Waals surface area contributed by atoms with Crippen LogP contribution in [0.25, 0.3) is 0 Å². The van der Waals surface area contributed by atoms with Crippen LogP contribution >= 0.6 is 0 Å². The molecule has 2 N–H and O–H groups in total. The molecule has 4 nitrogen and oxygen atoms in total. The second-order valence-corrected chi connectivity index (χ2v) is 5.87. The number of hydrogen-bond acceptors (Lipinski definition) is 3. The van der Waals surface area contributed by atoms with Gasteiger partial charge in [-0.3, -0.25) is 4.79 Å². The first-order valence-corrected chi connectivity index (χ1v) is 6.43. The van der Waals surface area contributed by atoms with Crippen molar-refractivity contribution in [2.75, 3.05) is 13.2 Å². The van der Waals surface area contributed by atoms with Gasteiger partial charge in [-0.25, -0.2) is 0 Å². The summed E-state index contributed by atoms with van der Waals surface area (Å²) in [5, 5.41) is 12.9. The van der Waals surface area contributed by atoms with Crippen LogP contribution in [0.15, 0.2) is 0 Å². The van der Waals surface area contributed by atoms with Crippen LogP contribution in [0.2, 0.25) is 0 Å². The maximum atomic E-state index is 11.8. The fourth-order valence-electron chi connectivity index (χ4n) is 2.36. The lowest BCUT2D eigenvalue weighted by Gasteiger charge is -2.26. The third-order valence-electron chi connectivity index (χ3n) is 3.14. The molecule has 1 fully saturated rings. The molecule has 1 heterocycles. The molecule has 3 unspecified atom stereocenters. The Kier molecular flexibility index (Phi) is 4.95. The van der Waals surface area contributed by atoms with Gasteiger partial charge in [0, 0.05) is 13.2 Å². The zero-order valence-electron chi connectivity index (χ0n) is 11.3. The molecule has 0 spiro atoms. The molecule has 0 saturated carbocycles. The summed E-state index contributed by atoms with van der Waals surface area (Å²) in [5.41, 5.74) is -0.842. The zero-order chi connectivity index (χ0) is 13.1. The zero-order valence-corrected chi connectivity index (χ0v) is 11.3. The Morgan fingerprint density at radius 2 is 2.24 bits per heavy atom. The van der Waals surface area contributed by atoms with Crippen molar-refractivity contribution >= 4 is 5.91 Å².